The molecule has 3 aromatic rings. The first-order valence-corrected chi connectivity index (χ1v) is 7.49. The van der Waals surface area contributed by atoms with Crippen molar-refractivity contribution in [2.45, 2.75) is 13.1 Å². The lowest BCUT2D eigenvalue weighted by Crippen LogP contribution is -2.04. The van der Waals surface area contributed by atoms with Gasteiger partial charge in [-0.2, -0.15) is 13.2 Å². The molecule has 0 aliphatic heterocycles. The van der Waals surface area contributed by atoms with Gasteiger partial charge >= 0.3 is 6.18 Å². The molecule has 24 heavy (non-hydrogen) atoms. The molecule has 0 atom stereocenters. The van der Waals surface area contributed by atoms with Gasteiger partial charge < -0.3 is 5.73 Å². The summed E-state index contributed by atoms with van der Waals surface area (Å²) in [6.45, 7) is 1.97. The highest BCUT2D eigenvalue weighted by molar-refractivity contribution is 5.88. The Morgan fingerprint density at radius 1 is 0.750 bits per heavy atom. The minimum Gasteiger partial charge on any atom is -0.398 e. The topological polar surface area (TPSA) is 26.0 Å². The van der Waals surface area contributed by atoms with E-state index < -0.39 is 11.7 Å². The SMILES string of the molecule is Cc1ccc(-c2ccc(C(F)(F)F)cc2)c(-c2ccccc2N)c1. The van der Waals surface area contributed by atoms with Crippen LogP contribution in [-0.2, 0) is 6.18 Å². The van der Waals surface area contributed by atoms with Gasteiger partial charge in [-0.1, -0.05) is 54.1 Å². The highest BCUT2D eigenvalue weighted by Gasteiger charge is 2.30. The molecular weight excluding hydrogens is 311 g/mol. The van der Waals surface area contributed by atoms with Crippen molar-refractivity contribution in [3.05, 3.63) is 77.9 Å². The van der Waals surface area contributed by atoms with Crippen LogP contribution < -0.4 is 5.73 Å². The Morgan fingerprint density at radius 3 is 2.04 bits per heavy atom. The Hall–Kier alpha value is -2.75. The number of benzene rings is 3. The second-order valence-corrected chi connectivity index (χ2v) is 5.71. The van der Waals surface area contributed by atoms with Gasteiger partial charge in [0.1, 0.15) is 0 Å². The van der Waals surface area contributed by atoms with Crippen LogP contribution in [0, 0.1) is 6.92 Å². The van der Waals surface area contributed by atoms with Crippen molar-refractivity contribution in [1.29, 1.82) is 0 Å². The first kappa shape index (κ1) is 16.1. The minimum absolute atomic E-state index is 0.635. The predicted molar refractivity (Wildman–Crippen MR) is 91.5 cm³/mol. The van der Waals surface area contributed by atoms with Gasteiger partial charge in [0.25, 0.3) is 0 Å². The number of nitrogen functional groups attached to an aromatic ring is 1. The van der Waals surface area contributed by atoms with Crippen LogP contribution in [0.25, 0.3) is 22.3 Å². The van der Waals surface area contributed by atoms with Crippen molar-refractivity contribution < 1.29 is 13.2 Å². The lowest BCUT2D eigenvalue weighted by molar-refractivity contribution is -0.137. The molecule has 0 fully saturated rings. The minimum atomic E-state index is -4.33. The zero-order chi connectivity index (χ0) is 17.3. The number of hydrogen-bond donors (Lipinski definition) is 1. The van der Waals surface area contributed by atoms with Crippen molar-refractivity contribution in [3.63, 3.8) is 0 Å². The van der Waals surface area contributed by atoms with Gasteiger partial charge in [0.2, 0.25) is 0 Å². The van der Waals surface area contributed by atoms with E-state index in [0.29, 0.717) is 5.69 Å². The summed E-state index contributed by atoms with van der Waals surface area (Å²) in [4.78, 5) is 0. The van der Waals surface area contributed by atoms with Crippen molar-refractivity contribution in [2.24, 2.45) is 0 Å². The maximum Gasteiger partial charge on any atom is 0.416 e. The lowest BCUT2D eigenvalue weighted by Gasteiger charge is -2.14. The molecule has 0 saturated carbocycles. The molecule has 122 valence electrons. The quantitative estimate of drug-likeness (QED) is 0.580. The van der Waals surface area contributed by atoms with Crippen molar-refractivity contribution in [2.75, 3.05) is 5.73 Å². The number of rotatable bonds is 2. The summed E-state index contributed by atoms with van der Waals surface area (Å²) in [5.74, 6) is 0. The standard InChI is InChI=1S/C20H16F3N/c1-13-6-11-16(14-7-9-15(10-8-14)20(21,22)23)18(12-13)17-4-2-3-5-19(17)24/h2-12H,24H2,1H3. The largest absolute Gasteiger partial charge is 0.416 e. The third-order valence-electron chi connectivity index (χ3n) is 3.95. The third-order valence-corrected chi connectivity index (χ3v) is 3.95. The molecule has 4 heteroatoms. The molecule has 3 rings (SSSR count). The highest BCUT2D eigenvalue weighted by Crippen LogP contribution is 2.37. The molecule has 3 aromatic carbocycles. The van der Waals surface area contributed by atoms with Crippen LogP contribution in [0.4, 0.5) is 18.9 Å². The number of para-hydroxylation sites is 1. The summed E-state index contributed by atoms with van der Waals surface area (Å²) >= 11 is 0. The van der Waals surface area contributed by atoms with Crippen molar-refractivity contribution >= 4 is 5.69 Å². The Morgan fingerprint density at radius 2 is 1.42 bits per heavy atom. The summed E-state index contributed by atoms with van der Waals surface area (Å²) in [5.41, 5.74) is 10.5. The Bertz CT molecular complexity index is 865. The maximum absolute atomic E-state index is 12.8. The van der Waals surface area contributed by atoms with Crippen LogP contribution in [0.3, 0.4) is 0 Å². The molecule has 0 radical (unpaired) electrons. The molecule has 0 aromatic heterocycles. The van der Waals surface area contributed by atoms with E-state index in [9.17, 15) is 13.2 Å². The second kappa shape index (κ2) is 6.04. The van der Waals surface area contributed by atoms with Gasteiger partial charge in [-0.05, 0) is 41.8 Å². The molecular formula is C20H16F3N. The zero-order valence-corrected chi connectivity index (χ0v) is 13.1. The number of aryl methyl sites for hydroxylation is 1. The number of anilines is 1. The van der Waals surface area contributed by atoms with Crippen LogP contribution in [0.15, 0.2) is 66.7 Å². The van der Waals surface area contributed by atoms with Gasteiger partial charge in [0, 0.05) is 11.3 Å². The molecule has 0 unspecified atom stereocenters. The average Bonchev–Trinajstić information content (AvgIpc) is 2.54. The molecule has 0 spiro atoms. The van der Waals surface area contributed by atoms with Crippen molar-refractivity contribution in [1.82, 2.24) is 0 Å². The predicted octanol–water partition coefficient (Wildman–Crippen LogP) is 5.93. The van der Waals surface area contributed by atoms with Gasteiger partial charge in [-0.15, -0.1) is 0 Å². The zero-order valence-electron chi connectivity index (χ0n) is 13.1. The van der Waals surface area contributed by atoms with E-state index in [2.05, 4.69) is 0 Å². The fraction of sp³-hybridized carbons (Fsp3) is 0.100. The summed E-state index contributed by atoms with van der Waals surface area (Å²) < 4.78 is 38.3. The molecule has 0 heterocycles. The van der Waals surface area contributed by atoms with E-state index in [0.717, 1.165) is 39.9 Å². The Labute approximate surface area is 138 Å². The van der Waals surface area contributed by atoms with Gasteiger partial charge in [0.15, 0.2) is 0 Å². The van der Waals surface area contributed by atoms with Crippen LogP contribution in [0.2, 0.25) is 0 Å². The lowest BCUT2D eigenvalue weighted by atomic mass is 9.92. The Kier molecular flexibility index (Phi) is 4.06. The normalized spacial score (nSPS) is 11.5. The molecule has 0 aliphatic carbocycles. The molecule has 0 amide bonds. The first-order chi connectivity index (χ1) is 11.4. The summed E-state index contributed by atoms with van der Waals surface area (Å²) in [6, 6.07) is 18.5. The second-order valence-electron chi connectivity index (χ2n) is 5.71. The Balaban J connectivity index is 2.14. The first-order valence-electron chi connectivity index (χ1n) is 7.49. The fourth-order valence-corrected chi connectivity index (χ4v) is 2.71. The van der Waals surface area contributed by atoms with Crippen LogP contribution >= 0.6 is 0 Å². The van der Waals surface area contributed by atoms with Gasteiger partial charge in [-0.25, -0.2) is 0 Å². The van der Waals surface area contributed by atoms with E-state index in [4.69, 9.17) is 5.73 Å². The molecule has 2 N–H and O–H groups in total. The number of nitrogens with two attached hydrogens (primary N) is 1. The molecule has 0 aliphatic rings. The number of hydrogen-bond acceptors (Lipinski definition) is 1. The average molecular weight is 327 g/mol. The van der Waals surface area contributed by atoms with Crippen LogP contribution in [0.5, 0.6) is 0 Å². The van der Waals surface area contributed by atoms with Crippen LogP contribution in [-0.4, -0.2) is 0 Å². The van der Waals surface area contributed by atoms with E-state index >= 15 is 0 Å². The highest BCUT2D eigenvalue weighted by atomic mass is 19.4. The van der Waals surface area contributed by atoms with E-state index in [1.54, 1.807) is 0 Å². The maximum atomic E-state index is 12.8. The molecule has 0 saturated heterocycles. The van der Waals surface area contributed by atoms with Crippen LogP contribution in [0.1, 0.15) is 11.1 Å². The number of halogens is 3. The van der Waals surface area contributed by atoms with Gasteiger partial charge in [0.05, 0.1) is 5.56 Å². The summed E-state index contributed by atoms with van der Waals surface area (Å²) in [7, 11) is 0. The van der Waals surface area contributed by atoms with E-state index in [1.807, 2.05) is 49.4 Å². The fourth-order valence-electron chi connectivity index (χ4n) is 2.71. The van der Waals surface area contributed by atoms with E-state index in [-0.39, 0.29) is 0 Å². The third kappa shape index (κ3) is 3.13. The number of alkyl halides is 3. The summed E-state index contributed by atoms with van der Waals surface area (Å²) in [5, 5.41) is 0. The van der Waals surface area contributed by atoms with Crippen molar-refractivity contribution in [3.8, 4) is 22.3 Å². The summed E-state index contributed by atoms with van der Waals surface area (Å²) in [6.07, 6.45) is -4.33. The smallest absolute Gasteiger partial charge is 0.398 e. The van der Waals surface area contributed by atoms with E-state index in [1.165, 1.54) is 12.1 Å². The molecule has 1 nitrogen and oxygen atoms in total. The monoisotopic (exact) mass is 327 g/mol. The molecule has 0 bridgehead atoms. The van der Waals surface area contributed by atoms with Gasteiger partial charge in [-0.3, -0.25) is 0 Å².